The van der Waals surface area contributed by atoms with Gasteiger partial charge in [-0.25, -0.2) is 0 Å². The van der Waals surface area contributed by atoms with E-state index in [0.29, 0.717) is 24.4 Å². The van der Waals surface area contributed by atoms with Crippen molar-refractivity contribution in [1.82, 2.24) is 15.0 Å². The van der Waals surface area contributed by atoms with Crippen LogP contribution < -0.4 is 9.96 Å². The molecule has 3 heterocycles. The summed E-state index contributed by atoms with van der Waals surface area (Å²) in [5.41, 5.74) is 0.715. The second-order valence-electron chi connectivity index (χ2n) is 9.47. The van der Waals surface area contributed by atoms with Crippen molar-refractivity contribution in [2.75, 3.05) is 33.2 Å². The van der Waals surface area contributed by atoms with Crippen molar-refractivity contribution in [2.45, 2.75) is 44.3 Å². The molecule has 4 rings (SSSR count). The Hall–Kier alpha value is -2.47. The van der Waals surface area contributed by atoms with Gasteiger partial charge in [-0.05, 0) is 50.8 Å². The fraction of sp³-hybridized carbons (Fsp3) is 0.609. The Morgan fingerprint density at radius 1 is 1.12 bits per heavy atom. The Bertz CT molecular complexity index is 904. The van der Waals surface area contributed by atoms with Gasteiger partial charge in [-0.15, -0.1) is 0 Å². The Kier molecular flexibility index (Phi) is 7.56. The molecular weight excluding hydrogens is 441 g/mol. The molecule has 34 heavy (non-hydrogen) atoms. The molecule has 2 bridgehead atoms. The molecule has 0 radical (unpaired) electrons. The SMILES string of the molecule is CB(O)NC(Cc1ccc(OC(=O)C2C3CCC(O3)C2C(=O)N2CCN(C)CC2)cc1)C(=O)O. The second kappa shape index (κ2) is 10.4. The zero-order chi connectivity index (χ0) is 24.4. The molecule has 0 aliphatic carbocycles. The number of hydrogen-bond donors (Lipinski definition) is 3. The number of benzene rings is 1. The highest BCUT2D eigenvalue weighted by atomic mass is 16.5. The van der Waals surface area contributed by atoms with Gasteiger partial charge in [0.1, 0.15) is 11.8 Å². The summed E-state index contributed by atoms with van der Waals surface area (Å²) in [4.78, 5) is 41.8. The molecular formula is C23H32BN3O7. The van der Waals surface area contributed by atoms with Crippen LogP contribution in [0.3, 0.4) is 0 Å². The summed E-state index contributed by atoms with van der Waals surface area (Å²) in [6.07, 6.45) is 1.13. The smallest absolute Gasteiger partial charge is 0.374 e. The van der Waals surface area contributed by atoms with E-state index in [4.69, 9.17) is 9.47 Å². The van der Waals surface area contributed by atoms with Crippen LogP contribution in [-0.2, 0) is 25.5 Å². The molecule has 10 nitrogen and oxygen atoms in total. The molecule has 11 heteroatoms. The fourth-order valence-electron chi connectivity index (χ4n) is 5.15. The number of carboxylic acids is 1. The van der Waals surface area contributed by atoms with Crippen LogP contribution >= 0.6 is 0 Å². The quantitative estimate of drug-likeness (QED) is 0.268. The minimum atomic E-state index is -1.07. The van der Waals surface area contributed by atoms with E-state index in [1.165, 1.54) is 6.82 Å². The molecule has 184 valence electrons. The Balaban J connectivity index is 1.40. The average Bonchev–Trinajstić information content (AvgIpc) is 3.41. The minimum absolute atomic E-state index is 0.0251. The van der Waals surface area contributed by atoms with Gasteiger partial charge in [0.15, 0.2) is 0 Å². The molecule has 0 spiro atoms. The third-order valence-corrected chi connectivity index (χ3v) is 6.97. The van der Waals surface area contributed by atoms with E-state index in [1.807, 2.05) is 11.9 Å². The molecule has 5 unspecified atom stereocenters. The van der Waals surface area contributed by atoms with E-state index >= 15 is 0 Å². The maximum Gasteiger partial charge on any atom is 0.374 e. The zero-order valence-corrected chi connectivity index (χ0v) is 19.6. The van der Waals surface area contributed by atoms with E-state index in [-0.39, 0.29) is 24.5 Å². The molecule has 3 fully saturated rings. The Morgan fingerprint density at radius 3 is 2.32 bits per heavy atom. The van der Waals surface area contributed by atoms with E-state index in [1.54, 1.807) is 24.3 Å². The maximum atomic E-state index is 13.3. The molecule has 0 aromatic heterocycles. The van der Waals surface area contributed by atoms with Gasteiger partial charge in [-0.3, -0.25) is 14.4 Å². The van der Waals surface area contributed by atoms with Crippen LogP contribution in [-0.4, -0.2) is 96.3 Å². The molecule has 1 aromatic carbocycles. The summed E-state index contributed by atoms with van der Waals surface area (Å²) in [6.45, 7) is 4.37. The lowest BCUT2D eigenvalue weighted by Gasteiger charge is -2.36. The fourth-order valence-corrected chi connectivity index (χ4v) is 5.15. The van der Waals surface area contributed by atoms with E-state index in [0.717, 1.165) is 25.9 Å². The van der Waals surface area contributed by atoms with Crippen molar-refractivity contribution >= 4 is 24.9 Å². The Labute approximate surface area is 199 Å². The lowest BCUT2D eigenvalue weighted by molar-refractivity contribution is -0.149. The monoisotopic (exact) mass is 473 g/mol. The first-order valence-corrected chi connectivity index (χ1v) is 11.8. The van der Waals surface area contributed by atoms with Gasteiger partial charge in [0, 0.05) is 26.2 Å². The van der Waals surface area contributed by atoms with Crippen LogP contribution in [0.25, 0.3) is 0 Å². The van der Waals surface area contributed by atoms with Gasteiger partial charge in [0.2, 0.25) is 5.91 Å². The number of carbonyl (C=O) groups excluding carboxylic acids is 2. The number of fused-ring (bicyclic) bond motifs is 2. The van der Waals surface area contributed by atoms with Crippen LogP contribution in [0, 0.1) is 11.8 Å². The van der Waals surface area contributed by atoms with Crippen molar-refractivity contribution in [3.8, 4) is 5.75 Å². The highest BCUT2D eigenvalue weighted by molar-refractivity contribution is 6.46. The predicted molar refractivity (Wildman–Crippen MR) is 123 cm³/mol. The standard InChI is InChI=1S/C23H32BN3O7/c1-24(32)25-16(22(29)30)13-14-3-5-15(6-4-14)33-23(31)20-18-8-7-17(34-18)19(20)21(28)27-11-9-26(2)10-12-27/h3-6,16-20,25,32H,7-13H2,1-2H3,(H,29,30). The zero-order valence-electron chi connectivity index (χ0n) is 19.6. The number of rotatable bonds is 8. The number of carboxylic acid groups (broad SMARTS) is 1. The van der Waals surface area contributed by atoms with Crippen molar-refractivity contribution in [1.29, 1.82) is 0 Å². The number of ether oxygens (including phenoxy) is 2. The molecule has 3 aliphatic rings. The predicted octanol–water partition coefficient (Wildman–Crippen LogP) is -0.145. The van der Waals surface area contributed by atoms with Gasteiger partial charge in [0.25, 0.3) is 0 Å². The number of aliphatic carboxylic acids is 1. The molecule has 1 aromatic rings. The number of likely N-dealkylation sites (N-methyl/N-ethyl adjacent to an activating group) is 1. The number of amides is 1. The minimum Gasteiger partial charge on any atom is -0.480 e. The average molecular weight is 473 g/mol. The third kappa shape index (κ3) is 5.43. The van der Waals surface area contributed by atoms with Crippen LogP contribution in [0.15, 0.2) is 24.3 Å². The summed E-state index contributed by atoms with van der Waals surface area (Å²) >= 11 is 0. The van der Waals surface area contributed by atoms with Crippen molar-refractivity contribution in [3.63, 3.8) is 0 Å². The summed E-state index contributed by atoms with van der Waals surface area (Å²) in [6, 6.07) is 5.65. The van der Waals surface area contributed by atoms with E-state index < -0.39 is 36.9 Å². The first-order valence-electron chi connectivity index (χ1n) is 11.8. The number of piperazine rings is 1. The Morgan fingerprint density at radius 2 is 1.74 bits per heavy atom. The number of nitrogens with one attached hydrogen (secondary N) is 1. The van der Waals surface area contributed by atoms with Crippen LogP contribution in [0.4, 0.5) is 0 Å². The summed E-state index contributed by atoms with van der Waals surface area (Å²) < 4.78 is 11.6. The lowest BCUT2D eigenvalue weighted by atomic mass is 9.78. The molecule has 1 amide bonds. The van der Waals surface area contributed by atoms with Crippen molar-refractivity contribution < 1.29 is 34.0 Å². The largest absolute Gasteiger partial charge is 0.480 e. The first-order chi connectivity index (χ1) is 16.2. The third-order valence-electron chi connectivity index (χ3n) is 6.97. The van der Waals surface area contributed by atoms with Gasteiger partial charge in [-0.1, -0.05) is 12.1 Å². The first kappa shape index (κ1) is 24.7. The topological polar surface area (TPSA) is 129 Å². The normalized spacial score (nSPS) is 27.4. The number of esters is 1. The second-order valence-corrected chi connectivity index (χ2v) is 9.47. The number of nitrogens with zero attached hydrogens (tertiary/aromatic N) is 2. The molecule has 3 N–H and O–H groups in total. The number of carbonyl (C=O) groups is 3. The molecule has 3 saturated heterocycles. The van der Waals surface area contributed by atoms with E-state index in [2.05, 4.69) is 10.1 Å². The maximum absolute atomic E-state index is 13.3. The molecule has 0 saturated carbocycles. The lowest BCUT2D eigenvalue weighted by Crippen LogP contribution is -2.52. The highest BCUT2D eigenvalue weighted by Gasteiger charge is 2.57. The summed E-state index contributed by atoms with van der Waals surface area (Å²) in [7, 11) is 1.08. The van der Waals surface area contributed by atoms with Gasteiger partial charge in [0.05, 0.1) is 24.0 Å². The van der Waals surface area contributed by atoms with Gasteiger partial charge < -0.3 is 34.6 Å². The van der Waals surface area contributed by atoms with Crippen LogP contribution in [0.1, 0.15) is 18.4 Å². The summed E-state index contributed by atoms with van der Waals surface area (Å²) in [5, 5.41) is 21.3. The summed E-state index contributed by atoms with van der Waals surface area (Å²) in [5.74, 6) is -2.37. The van der Waals surface area contributed by atoms with Crippen LogP contribution in [0.2, 0.25) is 6.82 Å². The van der Waals surface area contributed by atoms with Crippen molar-refractivity contribution in [2.24, 2.45) is 11.8 Å². The molecule has 5 atom stereocenters. The van der Waals surface area contributed by atoms with Gasteiger partial charge in [-0.2, -0.15) is 0 Å². The number of hydrogen-bond acceptors (Lipinski definition) is 8. The van der Waals surface area contributed by atoms with Crippen molar-refractivity contribution in [3.05, 3.63) is 29.8 Å². The van der Waals surface area contributed by atoms with E-state index in [9.17, 15) is 24.5 Å². The molecule has 3 aliphatic heterocycles. The highest BCUT2D eigenvalue weighted by Crippen LogP contribution is 2.45. The van der Waals surface area contributed by atoms with Crippen LogP contribution in [0.5, 0.6) is 5.75 Å². The van der Waals surface area contributed by atoms with Gasteiger partial charge >= 0.3 is 19.0 Å².